The monoisotopic (exact) mass is 506 g/mol. The van der Waals surface area contributed by atoms with Gasteiger partial charge in [0.25, 0.3) is 0 Å². The van der Waals surface area contributed by atoms with E-state index >= 15 is 0 Å². The van der Waals surface area contributed by atoms with Crippen molar-refractivity contribution in [2.45, 2.75) is 37.8 Å². The molecule has 1 aliphatic heterocycles. The highest BCUT2D eigenvalue weighted by molar-refractivity contribution is 9.11. The Morgan fingerprint density at radius 3 is 2.50 bits per heavy atom. The second-order valence-electron chi connectivity index (χ2n) is 7.31. The molecular formula is C20H25BrCl2N2O2S. The van der Waals surface area contributed by atoms with Crippen molar-refractivity contribution >= 4 is 63.6 Å². The Balaban J connectivity index is 0.00000140. The van der Waals surface area contributed by atoms with Crippen molar-refractivity contribution in [3.8, 4) is 0 Å². The van der Waals surface area contributed by atoms with Crippen molar-refractivity contribution in [3.63, 3.8) is 0 Å². The van der Waals surface area contributed by atoms with Crippen molar-refractivity contribution in [2.75, 3.05) is 18.8 Å². The molecule has 1 fully saturated rings. The van der Waals surface area contributed by atoms with Gasteiger partial charge >= 0.3 is 0 Å². The molecule has 0 spiro atoms. The molecule has 1 aromatic carbocycles. The number of carbonyl (C=O) groups excluding carboxylic acids is 1. The van der Waals surface area contributed by atoms with E-state index in [0.717, 1.165) is 52.3 Å². The van der Waals surface area contributed by atoms with Gasteiger partial charge < -0.3 is 10.8 Å². The predicted octanol–water partition coefficient (Wildman–Crippen LogP) is 4.36. The summed E-state index contributed by atoms with van der Waals surface area (Å²) in [5, 5.41) is 10.7. The second kappa shape index (κ2) is 9.92. The van der Waals surface area contributed by atoms with Gasteiger partial charge in [-0.1, -0.05) is 12.1 Å². The number of thiophene rings is 1. The zero-order chi connectivity index (χ0) is 18.3. The summed E-state index contributed by atoms with van der Waals surface area (Å²) in [6.45, 7) is 1.73. The molecule has 1 saturated heterocycles. The molecule has 4 rings (SSSR count). The van der Waals surface area contributed by atoms with Gasteiger partial charge in [0.05, 0.1) is 14.8 Å². The first-order valence-corrected chi connectivity index (χ1v) is 10.7. The number of rotatable bonds is 3. The molecule has 4 nitrogen and oxygen atoms in total. The summed E-state index contributed by atoms with van der Waals surface area (Å²) < 4.78 is 1.00. The van der Waals surface area contributed by atoms with Crippen LogP contribution in [0, 0.1) is 5.92 Å². The Bertz CT molecular complexity index is 824. The number of carbonyl (C=O) groups is 1. The van der Waals surface area contributed by atoms with Crippen LogP contribution in [-0.4, -0.2) is 41.0 Å². The lowest BCUT2D eigenvalue weighted by Gasteiger charge is -2.42. The van der Waals surface area contributed by atoms with Crippen LogP contribution in [-0.2, 0) is 12.8 Å². The third-order valence-electron chi connectivity index (χ3n) is 5.78. The van der Waals surface area contributed by atoms with Gasteiger partial charge in [-0.15, -0.1) is 36.2 Å². The molecule has 8 heteroatoms. The average Bonchev–Trinajstić information content (AvgIpc) is 3.08. The molecule has 3 N–H and O–H groups in total. The number of hydrogen-bond donors (Lipinski definition) is 2. The second-order valence-corrected chi connectivity index (χ2v) is 9.77. The van der Waals surface area contributed by atoms with Gasteiger partial charge in [-0.3, -0.25) is 9.69 Å². The molecule has 0 saturated carbocycles. The quantitative estimate of drug-likeness (QED) is 0.478. The fraction of sp³-hybridized carbons (Fsp3) is 0.450. The third kappa shape index (κ3) is 4.74. The maximum absolute atomic E-state index is 12.7. The number of aliphatic hydroxyl groups excluding tert-OH is 1. The standard InChI is InChI=1S/C20H23BrN2O2S.2ClH/c21-19-5-4-18(26-19)20(25)12-6-8-23(9-7-12)16-10-13-2-1-3-15(22)14(13)11-17(16)24;;/h1-5,12,16-17,24H,6-11,22H2;2*1H/t16-,17-;;/m1../s1. The molecule has 0 bridgehead atoms. The van der Waals surface area contributed by atoms with Crippen LogP contribution in [0.3, 0.4) is 0 Å². The molecule has 2 aliphatic rings. The minimum Gasteiger partial charge on any atom is -0.398 e. The van der Waals surface area contributed by atoms with Gasteiger partial charge in [0, 0.05) is 24.1 Å². The van der Waals surface area contributed by atoms with Crippen molar-refractivity contribution < 1.29 is 9.90 Å². The molecule has 2 atom stereocenters. The number of nitrogens with zero attached hydrogens (tertiary/aromatic N) is 1. The number of likely N-dealkylation sites (tertiary alicyclic amines) is 1. The van der Waals surface area contributed by atoms with E-state index < -0.39 is 6.10 Å². The van der Waals surface area contributed by atoms with E-state index in [0.29, 0.717) is 6.42 Å². The molecule has 28 heavy (non-hydrogen) atoms. The minimum absolute atomic E-state index is 0. The van der Waals surface area contributed by atoms with Crippen LogP contribution >= 0.6 is 52.1 Å². The van der Waals surface area contributed by atoms with Crippen molar-refractivity contribution in [1.29, 1.82) is 0 Å². The molecule has 2 heterocycles. The van der Waals surface area contributed by atoms with E-state index in [2.05, 4.69) is 26.9 Å². The number of fused-ring (bicyclic) bond motifs is 1. The fourth-order valence-electron chi connectivity index (χ4n) is 4.31. The number of piperidine rings is 1. The molecular weight excluding hydrogens is 483 g/mol. The minimum atomic E-state index is -0.396. The number of nitrogens with two attached hydrogens (primary N) is 1. The van der Waals surface area contributed by atoms with E-state index in [1.807, 2.05) is 24.3 Å². The lowest BCUT2D eigenvalue weighted by molar-refractivity contribution is 0.0241. The van der Waals surface area contributed by atoms with Crippen LogP contribution in [0.15, 0.2) is 34.1 Å². The molecule has 0 amide bonds. The Morgan fingerprint density at radius 2 is 1.86 bits per heavy atom. The summed E-state index contributed by atoms with van der Waals surface area (Å²) in [5.41, 5.74) is 9.21. The predicted molar refractivity (Wildman–Crippen MR) is 123 cm³/mol. The highest BCUT2D eigenvalue weighted by atomic mass is 79.9. The molecule has 1 aromatic heterocycles. The van der Waals surface area contributed by atoms with Crippen LogP contribution in [0.1, 0.15) is 33.6 Å². The lowest BCUT2D eigenvalue weighted by Crippen LogP contribution is -2.51. The number of anilines is 1. The fourth-order valence-corrected chi connectivity index (χ4v) is 5.72. The van der Waals surface area contributed by atoms with Gasteiger partial charge in [-0.2, -0.15) is 0 Å². The van der Waals surface area contributed by atoms with Crippen LogP contribution in [0.4, 0.5) is 5.69 Å². The largest absolute Gasteiger partial charge is 0.398 e. The molecule has 1 aliphatic carbocycles. The first-order valence-electron chi connectivity index (χ1n) is 9.11. The maximum atomic E-state index is 12.7. The number of Topliss-reactive ketones (excluding diaryl/α,β-unsaturated/α-hetero) is 1. The Morgan fingerprint density at radius 1 is 1.14 bits per heavy atom. The number of ketones is 1. The third-order valence-corrected chi connectivity index (χ3v) is 7.42. The van der Waals surface area contributed by atoms with E-state index in [-0.39, 0.29) is 42.6 Å². The van der Waals surface area contributed by atoms with Gasteiger partial charge in [-0.05, 0) is 77.6 Å². The average molecular weight is 508 g/mol. The van der Waals surface area contributed by atoms with Gasteiger partial charge in [0.1, 0.15) is 0 Å². The molecule has 154 valence electrons. The van der Waals surface area contributed by atoms with Crippen molar-refractivity contribution in [2.24, 2.45) is 5.92 Å². The van der Waals surface area contributed by atoms with E-state index in [9.17, 15) is 9.90 Å². The number of hydrogen-bond acceptors (Lipinski definition) is 5. The summed E-state index contributed by atoms with van der Waals surface area (Å²) >= 11 is 4.95. The zero-order valence-electron chi connectivity index (χ0n) is 15.3. The van der Waals surface area contributed by atoms with Crippen molar-refractivity contribution in [3.05, 3.63) is 50.1 Å². The SMILES string of the molecule is Cl.Cl.Nc1cccc2c1C[C@@H](O)[C@H](N1CCC(C(=O)c3ccc(Br)s3)CC1)C2. The first kappa shape index (κ1) is 23.6. The smallest absolute Gasteiger partial charge is 0.175 e. The summed E-state index contributed by atoms with van der Waals surface area (Å²) in [7, 11) is 0. The number of nitrogen functional groups attached to an aromatic ring is 1. The summed E-state index contributed by atoms with van der Waals surface area (Å²) in [4.78, 5) is 15.9. The maximum Gasteiger partial charge on any atom is 0.175 e. The zero-order valence-corrected chi connectivity index (χ0v) is 19.4. The Kier molecular flexibility index (Phi) is 8.38. The normalized spacial score (nSPS) is 22.6. The Hall–Kier alpha value is -0.630. The highest BCUT2D eigenvalue weighted by Crippen LogP contribution is 2.32. The summed E-state index contributed by atoms with van der Waals surface area (Å²) in [5.74, 6) is 0.364. The van der Waals surface area contributed by atoms with E-state index in [1.165, 1.54) is 16.9 Å². The van der Waals surface area contributed by atoms with Crippen LogP contribution < -0.4 is 5.73 Å². The number of aliphatic hydroxyl groups is 1. The number of benzene rings is 1. The lowest BCUT2D eigenvalue weighted by atomic mass is 9.82. The first-order chi connectivity index (χ1) is 12.5. The van der Waals surface area contributed by atoms with Crippen molar-refractivity contribution in [1.82, 2.24) is 4.90 Å². The topological polar surface area (TPSA) is 66.6 Å². The van der Waals surface area contributed by atoms with Gasteiger partial charge in [0.15, 0.2) is 5.78 Å². The van der Waals surface area contributed by atoms with Gasteiger partial charge in [0.2, 0.25) is 0 Å². The molecule has 0 radical (unpaired) electrons. The molecule has 0 unspecified atom stereocenters. The highest BCUT2D eigenvalue weighted by Gasteiger charge is 2.35. The summed E-state index contributed by atoms with van der Waals surface area (Å²) in [6, 6.07) is 10.00. The van der Waals surface area contributed by atoms with E-state index in [1.54, 1.807) is 0 Å². The Labute approximate surface area is 190 Å². The van der Waals surface area contributed by atoms with Crippen LogP contribution in [0.25, 0.3) is 0 Å². The number of halogens is 3. The summed E-state index contributed by atoms with van der Waals surface area (Å²) in [6.07, 6.45) is 2.78. The van der Waals surface area contributed by atoms with Gasteiger partial charge in [-0.25, -0.2) is 0 Å². The van der Waals surface area contributed by atoms with Crippen LogP contribution in [0.5, 0.6) is 0 Å². The molecule has 2 aromatic rings. The van der Waals surface area contributed by atoms with E-state index in [4.69, 9.17) is 5.73 Å². The van der Waals surface area contributed by atoms with Crippen LogP contribution in [0.2, 0.25) is 0 Å².